The van der Waals surface area contributed by atoms with Crippen molar-refractivity contribution in [2.24, 2.45) is 0 Å². The third-order valence-corrected chi connectivity index (χ3v) is 1.93. The van der Waals surface area contributed by atoms with Crippen LogP contribution in [-0.4, -0.2) is 7.11 Å². The van der Waals surface area contributed by atoms with E-state index in [1.54, 1.807) is 13.2 Å². The molecule has 0 atom stereocenters. The maximum Gasteiger partial charge on any atom is 0.119 e. The quantitative estimate of drug-likeness (QED) is 0.653. The Morgan fingerprint density at radius 2 is 2.00 bits per heavy atom. The van der Waals surface area contributed by atoms with E-state index in [0.717, 1.165) is 16.9 Å². The molecular formula is C13H14O. The fourth-order valence-corrected chi connectivity index (χ4v) is 1.18. The lowest BCUT2D eigenvalue weighted by molar-refractivity contribution is 0.414. The molecule has 72 valence electrons. The van der Waals surface area contributed by atoms with Crippen LogP contribution in [0, 0.1) is 0 Å². The molecule has 0 amide bonds. The first-order valence-corrected chi connectivity index (χ1v) is 4.41. The third-order valence-electron chi connectivity index (χ3n) is 1.93. The van der Waals surface area contributed by atoms with Gasteiger partial charge >= 0.3 is 0 Å². The van der Waals surface area contributed by atoms with Crippen molar-refractivity contribution in [3.8, 4) is 5.75 Å². The molecule has 0 bridgehead atoms. The zero-order valence-corrected chi connectivity index (χ0v) is 8.36. The fourth-order valence-electron chi connectivity index (χ4n) is 1.18. The molecule has 0 aliphatic carbocycles. The molecule has 0 aromatic heterocycles. The highest BCUT2D eigenvalue weighted by molar-refractivity contribution is 5.66. The number of rotatable bonds is 4. The van der Waals surface area contributed by atoms with Crippen molar-refractivity contribution in [2.75, 3.05) is 7.11 Å². The van der Waals surface area contributed by atoms with Gasteiger partial charge in [-0.15, -0.1) is 0 Å². The highest BCUT2D eigenvalue weighted by atomic mass is 16.5. The van der Waals surface area contributed by atoms with E-state index in [4.69, 9.17) is 4.74 Å². The molecule has 1 heteroatoms. The van der Waals surface area contributed by atoms with Crippen molar-refractivity contribution in [3.05, 3.63) is 54.6 Å². The SMILES string of the molecule is C=C/C=C\c1ccc(OC)cc1C=C. The minimum absolute atomic E-state index is 0.843. The minimum Gasteiger partial charge on any atom is -0.497 e. The van der Waals surface area contributed by atoms with Crippen LogP contribution >= 0.6 is 0 Å². The first-order valence-electron chi connectivity index (χ1n) is 4.41. The second kappa shape index (κ2) is 5.07. The first-order chi connectivity index (χ1) is 6.81. The highest BCUT2D eigenvalue weighted by Gasteiger charge is 1.97. The monoisotopic (exact) mass is 186 g/mol. The van der Waals surface area contributed by atoms with Crippen LogP contribution in [0.2, 0.25) is 0 Å². The maximum absolute atomic E-state index is 5.12. The fraction of sp³-hybridized carbons (Fsp3) is 0.0769. The molecule has 0 aliphatic rings. The maximum atomic E-state index is 5.12. The molecule has 0 N–H and O–H groups in total. The third kappa shape index (κ3) is 2.36. The summed E-state index contributed by atoms with van der Waals surface area (Å²) < 4.78 is 5.12. The van der Waals surface area contributed by atoms with E-state index in [1.165, 1.54) is 0 Å². The molecule has 0 radical (unpaired) electrons. The van der Waals surface area contributed by atoms with Crippen LogP contribution in [0.25, 0.3) is 12.2 Å². The minimum atomic E-state index is 0.843. The number of methoxy groups -OCH3 is 1. The van der Waals surface area contributed by atoms with Crippen molar-refractivity contribution < 1.29 is 4.74 Å². The number of allylic oxidation sites excluding steroid dienone is 2. The van der Waals surface area contributed by atoms with Gasteiger partial charge in [0.2, 0.25) is 0 Å². The van der Waals surface area contributed by atoms with Crippen LogP contribution in [0.15, 0.2) is 43.5 Å². The largest absolute Gasteiger partial charge is 0.497 e. The predicted molar refractivity (Wildman–Crippen MR) is 62.3 cm³/mol. The van der Waals surface area contributed by atoms with Gasteiger partial charge in [-0.05, 0) is 23.3 Å². The molecule has 14 heavy (non-hydrogen) atoms. The molecule has 0 saturated carbocycles. The average Bonchev–Trinajstić information content (AvgIpc) is 2.26. The van der Waals surface area contributed by atoms with Gasteiger partial charge in [-0.3, -0.25) is 0 Å². The summed E-state index contributed by atoms with van der Waals surface area (Å²) in [5.74, 6) is 0.843. The van der Waals surface area contributed by atoms with Crippen LogP contribution in [0.3, 0.4) is 0 Å². The van der Waals surface area contributed by atoms with Gasteiger partial charge in [0.1, 0.15) is 5.75 Å². The molecular weight excluding hydrogens is 172 g/mol. The second-order valence-corrected chi connectivity index (χ2v) is 2.79. The molecule has 0 spiro atoms. The first kappa shape index (κ1) is 10.3. The van der Waals surface area contributed by atoms with Gasteiger partial charge in [0.25, 0.3) is 0 Å². The summed E-state index contributed by atoms with van der Waals surface area (Å²) in [6.45, 7) is 7.39. The van der Waals surface area contributed by atoms with Gasteiger partial charge in [0.15, 0.2) is 0 Å². The standard InChI is InChI=1S/C13H14O/c1-4-6-7-12-8-9-13(14-3)10-11(12)5-2/h4-10H,1-2H2,3H3/b7-6-. The summed E-state index contributed by atoms with van der Waals surface area (Å²) in [5.41, 5.74) is 2.17. The van der Waals surface area contributed by atoms with Crippen LogP contribution in [0.1, 0.15) is 11.1 Å². The molecule has 1 aromatic carbocycles. The number of hydrogen-bond acceptors (Lipinski definition) is 1. The van der Waals surface area contributed by atoms with Crippen LogP contribution in [0.4, 0.5) is 0 Å². The highest BCUT2D eigenvalue weighted by Crippen LogP contribution is 2.19. The summed E-state index contributed by atoms with van der Waals surface area (Å²) in [6.07, 6.45) is 7.45. The molecule has 1 aromatic rings. The number of hydrogen-bond donors (Lipinski definition) is 0. The smallest absolute Gasteiger partial charge is 0.119 e. The Balaban J connectivity index is 3.10. The zero-order valence-electron chi connectivity index (χ0n) is 8.36. The Bertz CT molecular complexity index is 361. The van der Waals surface area contributed by atoms with Crippen molar-refractivity contribution in [1.82, 2.24) is 0 Å². The van der Waals surface area contributed by atoms with Gasteiger partial charge < -0.3 is 4.74 Å². The van der Waals surface area contributed by atoms with E-state index in [2.05, 4.69) is 13.2 Å². The lowest BCUT2D eigenvalue weighted by Crippen LogP contribution is -1.85. The van der Waals surface area contributed by atoms with Gasteiger partial charge in [0, 0.05) is 0 Å². The van der Waals surface area contributed by atoms with E-state index in [0.29, 0.717) is 0 Å². The lowest BCUT2D eigenvalue weighted by atomic mass is 10.1. The molecule has 0 heterocycles. The van der Waals surface area contributed by atoms with E-state index in [1.807, 2.05) is 36.4 Å². The van der Waals surface area contributed by atoms with Gasteiger partial charge in [0.05, 0.1) is 7.11 Å². The Labute approximate surface area is 85.0 Å². The second-order valence-electron chi connectivity index (χ2n) is 2.79. The predicted octanol–water partition coefficient (Wildman–Crippen LogP) is 3.54. The van der Waals surface area contributed by atoms with E-state index < -0.39 is 0 Å². The summed E-state index contributed by atoms with van der Waals surface area (Å²) in [4.78, 5) is 0. The van der Waals surface area contributed by atoms with Crippen LogP contribution in [-0.2, 0) is 0 Å². The Morgan fingerprint density at radius 1 is 1.21 bits per heavy atom. The molecule has 1 rings (SSSR count). The van der Waals surface area contributed by atoms with E-state index in [-0.39, 0.29) is 0 Å². The van der Waals surface area contributed by atoms with Gasteiger partial charge in [-0.2, -0.15) is 0 Å². The summed E-state index contributed by atoms with van der Waals surface area (Å²) in [5, 5.41) is 0. The summed E-state index contributed by atoms with van der Waals surface area (Å²) in [6, 6.07) is 5.88. The zero-order chi connectivity index (χ0) is 10.4. The average molecular weight is 186 g/mol. The van der Waals surface area contributed by atoms with Crippen molar-refractivity contribution in [1.29, 1.82) is 0 Å². The topological polar surface area (TPSA) is 9.23 Å². The molecule has 0 unspecified atom stereocenters. The van der Waals surface area contributed by atoms with Gasteiger partial charge in [-0.25, -0.2) is 0 Å². The van der Waals surface area contributed by atoms with Crippen molar-refractivity contribution in [2.45, 2.75) is 0 Å². The molecule has 0 fully saturated rings. The Kier molecular flexibility index (Phi) is 3.74. The van der Waals surface area contributed by atoms with E-state index in [9.17, 15) is 0 Å². The molecule has 0 aliphatic heterocycles. The molecule has 0 saturated heterocycles. The summed E-state index contributed by atoms with van der Waals surface area (Å²) >= 11 is 0. The van der Waals surface area contributed by atoms with Crippen molar-refractivity contribution in [3.63, 3.8) is 0 Å². The number of benzene rings is 1. The lowest BCUT2D eigenvalue weighted by Gasteiger charge is -2.04. The number of ether oxygens (including phenoxy) is 1. The van der Waals surface area contributed by atoms with Crippen LogP contribution in [0.5, 0.6) is 5.75 Å². The van der Waals surface area contributed by atoms with Crippen LogP contribution < -0.4 is 4.74 Å². The Morgan fingerprint density at radius 3 is 2.57 bits per heavy atom. The molecule has 1 nitrogen and oxygen atoms in total. The summed E-state index contributed by atoms with van der Waals surface area (Å²) in [7, 11) is 1.65. The van der Waals surface area contributed by atoms with Gasteiger partial charge in [-0.1, -0.05) is 43.5 Å². The normalized spacial score (nSPS) is 10.1. The van der Waals surface area contributed by atoms with E-state index >= 15 is 0 Å². The van der Waals surface area contributed by atoms with Crippen molar-refractivity contribution >= 4 is 12.2 Å². The Hall–Kier alpha value is -1.76.